The Bertz CT molecular complexity index is 296. The molecule has 0 amide bonds. The predicted octanol–water partition coefficient (Wildman–Crippen LogP) is 1.70. The number of rotatable bonds is 3. The Morgan fingerprint density at radius 2 is 2.57 bits per heavy atom. The summed E-state index contributed by atoms with van der Waals surface area (Å²) in [7, 11) is 0. The third-order valence-electron chi connectivity index (χ3n) is 2.51. The van der Waals surface area contributed by atoms with Crippen LogP contribution < -0.4 is 5.73 Å². The molecule has 1 fully saturated rings. The summed E-state index contributed by atoms with van der Waals surface area (Å²) in [5.74, 6) is 4.17. The van der Waals surface area contributed by atoms with Crippen LogP contribution in [0.2, 0.25) is 0 Å². The van der Waals surface area contributed by atoms with E-state index in [2.05, 4.69) is 10.1 Å². The smallest absolute Gasteiger partial charge is 0.230 e. The van der Waals surface area contributed by atoms with E-state index in [0.717, 1.165) is 24.5 Å². The first-order valence-electron chi connectivity index (χ1n) is 4.98. The molecule has 0 aliphatic carbocycles. The normalized spacial score (nSPS) is 24.0. The fourth-order valence-corrected chi connectivity index (χ4v) is 2.69. The van der Waals surface area contributed by atoms with Gasteiger partial charge in [-0.15, -0.1) is 0 Å². The van der Waals surface area contributed by atoms with E-state index < -0.39 is 0 Å². The van der Waals surface area contributed by atoms with Gasteiger partial charge in [-0.05, 0) is 18.6 Å². The lowest BCUT2D eigenvalue weighted by atomic mass is 10.1. The van der Waals surface area contributed by atoms with Gasteiger partial charge in [0, 0.05) is 11.7 Å². The lowest BCUT2D eigenvalue weighted by Crippen LogP contribution is -2.10. The van der Waals surface area contributed by atoms with Gasteiger partial charge in [-0.25, -0.2) is 0 Å². The summed E-state index contributed by atoms with van der Waals surface area (Å²) in [6, 6.07) is -0.0819. The Labute approximate surface area is 87.6 Å². The highest BCUT2D eigenvalue weighted by atomic mass is 32.2. The maximum absolute atomic E-state index is 5.82. The molecule has 2 unspecified atom stereocenters. The Balaban J connectivity index is 2.08. The van der Waals surface area contributed by atoms with Crippen LogP contribution in [0, 0.1) is 0 Å². The Kier molecular flexibility index (Phi) is 3.08. The van der Waals surface area contributed by atoms with Crippen molar-refractivity contribution in [1.29, 1.82) is 0 Å². The van der Waals surface area contributed by atoms with Crippen LogP contribution >= 0.6 is 11.8 Å². The summed E-state index contributed by atoms with van der Waals surface area (Å²) in [5, 5.41) is 3.91. The monoisotopic (exact) mass is 213 g/mol. The van der Waals surface area contributed by atoms with Crippen LogP contribution in [0.15, 0.2) is 4.52 Å². The Hall–Kier alpha value is -0.550. The minimum atomic E-state index is -0.0819. The molecule has 0 bridgehead atoms. The molecule has 0 saturated carbocycles. The van der Waals surface area contributed by atoms with Gasteiger partial charge in [-0.1, -0.05) is 12.1 Å². The van der Waals surface area contributed by atoms with E-state index in [1.165, 1.54) is 5.75 Å². The van der Waals surface area contributed by atoms with Gasteiger partial charge in [0.15, 0.2) is 5.82 Å². The first-order chi connectivity index (χ1) is 6.81. The van der Waals surface area contributed by atoms with Crippen LogP contribution in [-0.4, -0.2) is 21.6 Å². The topological polar surface area (TPSA) is 64.9 Å². The van der Waals surface area contributed by atoms with Crippen molar-refractivity contribution in [3.05, 3.63) is 11.7 Å². The van der Waals surface area contributed by atoms with Gasteiger partial charge in [0.2, 0.25) is 5.89 Å². The molecule has 1 aromatic heterocycles. The molecule has 1 aliphatic rings. The van der Waals surface area contributed by atoms with Crippen molar-refractivity contribution in [3.8, 4) is 0 Å². The summed E-state index contributed by atoms with van der Waals surface area (Å²) in [5.41, 5.74) is 5.82. The van der Waals surface area contributed by atoms with Crippen LogP contribution in [0.4, 0.5) is 0 Å². The van der Waals surface area contributed by atoms with Gasteiger partial charge in [-0.2, -0.15) is 16.7 Å². The average molecular weight is 213 g/mol. The van der Waals surface area contributed by atoms with Crippen LogP contribution in [0.1, 0.15) is 43.4 Å². The van der Waals surface area contributed by atoms with E-state index in [-0.39, 0.29) is 6.04 Å². The highest BCUT2D eigenvalue weighted by molar-refractivity contribution is 7.99. The minimum Gasteiger partial charge on any atom is -0.339 e. The third-order valence-corrected chi connectivity index (χ3v) is 3.67. The summed E-state index contributed by atoms with van der Waals surface area (Å²) < 4.78 is 5.22. The minimum absolute atomic E-state index is 0.0819. The number of hydrogen-bond acceptors (Lipinski definition) is 5. The largest absolute Gasteiger partial charge is 0.339 e. The number of nitrogens with two attached hydrogens (primary N) is 1. The second kappa shape index (κ2) is 4.31. The first kappa shape index (κ1) is 9.98. The summed E-state index contributed by atoms with van der Waals surface area (Å²) in [6.07, 6.45) is 1.99. The SMILES string of the molecule is CCC(N)c1noc(C2CCSC2)n1. The maximum atomic E-state index is 5.82. The number of nitrogens with zero attached hydrogens (tertiary/aromatic N) is 2. The molecule has 5 heteroatoms. The van der Waals surface area contributed by atoms with Crippen molar-refractivity contribution < 1.29 is 4.52 Å². The van der Waals surface area contributed by atoms with Crippen molar-refractivity contribution in [2.24, 2.45) is 5.73 Å². The molecule has 1 aromatic rings. The van der Waals surface area contributed by atoms with Crippen molar-refractivity contribution in [3.63, 3.8) is 0 Å². The highest BCUT2D eigenvalue weighted by Gasteiger charge is 2.24. The van der Waals surface area contributed by atoms with Crippen molar-refractivity contribution in [1.82, 2.24) is 10.1 Å². The van der Waals surface area contributed by atoms with E-state index >= 15 is 0 Å². The summed E-state index contributed by atoms with van der Waals surface area (Å²) in [6.45, 7) is 2.02. The zero-order chi connectivity index (χ0) is 9.97. The molecule has 0 spiro atoms. The molecule has 0 aromatic carbocycles. The van der Waals surface area contributed by atoms with Crippen molar-refractivity contribution >= 4 is 11.8 Å². The molecule has 2 N–H and O–H groups in total. The number of hydrogen-bond donors (Lipinski definition) is 1. The lowest BCUT2D eigenvalue weighted by Gasteiger charge is -2.01. The Morgan fingerprint density at radius 1 is 1.71 bits per heavy atom. The van der Waals surface area contributed by atoms with E-state index in [0.29, 0.717) is 11.7 Å². The molecule has 2 atom stereocenters. The fourth-order valence-electron chi connectivity index (χ4n) is 1.48. The number of thioether (sulfide) groups is 1. The summed E-state index contributed by atoms with van der Waals surface area (Å²) in [4.78, 5) is 4.35. The van der Waals surface area contributed by atoms with Gasteiger partial charge < -0.3 is 10.3 Å². The second-order valence-corrected chi connectivity index (χ2v) is 4.72. The molecule has 1 aliphatic heterocycles. The van der Waals surface area contributed by atoms with Crippen LogP contribution in [0.5, 0.6) is 0 Å². The molecule has 78 valence electrons. The van der Waals surface area contributed by atoms with Crippen LogP contribution in [-0.2, 0) is 0 Å². The fraction of sp³-hybridized carbons (Fsp3) is 0.778. The Morgan fingerprint density at radius 3 is 3.21 bits per heavy atom. The van der Waals surface area contributed by atoms with Gasteiger partial charge in [-0.3, -0.25) is 0 Å². The van der Waals surface area contributed by atoms with Crippen LogP contribution in [0.25, 0.3) is 0 Å². The zero-order valence-electron chi connectivity index (χ0n) is 8.27. The standard InChI is InChI=1S/C9H15N3OS/c1-2-7(10)8-11-9(13-12-8)6-3-4-14-5-6/h6-7H,2-5,10H2,1H3. The summed E-state index contributed by atoms with van der Waals surface area (Å²) >= 11 is 1.94. The van der Waals surface area contributed by atoms with Gasteiger partial charge in [0.05, 0.1) is 6.04 Å². The highest BCUT2D eigenvalue weighted by Crippen LogP contribution is 2.31. The van der Waals surface area contributed by atoms with Gasteiger partial charge in [0.25, 0.3) is 0 Å². The average Bonchev–Trinajstić information content (AvgIpc) is 2.86. The number of aromatic nitrogens is 2. The molecule has 14 heavy (non-hydrogen) atoms. The molecule has 1 saturated heterocycles. The quantitative estimate of drug-likeness (QED) is 0.827. The van der Waals surface area contributed by atoms with E-state index in [9.17, 15) is 0 Å². The van der Waals surface area contributed by atoms with Crippen LogP contribution in [0.3, 0.4) is 0 Å². The lowest BCUT2D eigenvalue weighted by molar-refractivity contribution is 0.353. The molecular weight excluding hydrogens is 198 g/mol. The molecule has 2 rings (SSSR count). The van der Waals surface area contributed by atoms with Gasteiger partial charge >= 0.3 is 0 Å². The molecule has 2 heterocycles. The zero-order valence-corrected chi connectivity index (χ0v) is 9.09. The predicted molar refractivity (Wildman–Crippen MR) is 56.2 cm³/mol. The second-order valence-electron chi connectivity index (χ2n) is 3.57. The first-order valence-corrected chi connectivity index (χ1v) is 6.13. The van der Waals surface area contributed by atoms with Crippen molar-refractivity contribution in [2.75, 3.05) is 11.5 Å². The van der Waals surface area contributed by atoms with E-state index in [1.54, 1.807) is 0 Å². The molecular formula is C9H15N3OS. The van der Waals surface area contributed by atoms with Gasteiger partial charge in [0.1, 0.15) is 0 Å². The van der Waals surface area contributed by atoms with Crippen molar-refractivity contribution in [2.45, 2.75) is 31.7 Å². The maximum Gasteiger partial charge on any atom is 0.230 e. The van der Waals surface area contributed by atoms with E-state index in [1.807, 2.05) is 18.7 Å². The molecule has 4 nitrogen and oxygen atoms in total. The van der Waals surface area contributed by atoms with E-state index in [4.69, 9.17) is 10.3 Å². The third kappa shape index (κ3) is 1.93. The molecule has 0 radical (unpaired) electrons.